The van der Waals surface area contributed by atoms with Crippen molar-refractivity contribution in [2.45, 2.75) is 25.8 Å². The van der Waals surface area contributed by atoms with Crippen molar-refractivity contribution in [1.82, 2.24) is 4.90 Å². The average Bonchev–Trinajstić information content (AvgIpc) is 2.37. The Balaban J connectivity index is 0.00000324. The molecule has 1 aromatic carbocycles. The number of nitrogens with zero attached hydrogens (tertiary/aromatic N) is 1. The smallest absolute Gasteiger partial charge is 0.222 e. The summed E-state index contributed by atoms with van der Waals surface area (Å²) in [6, 6.07) is 3.37. The highest BCUT2D eigenvalue weighted by atomic mass is 35.5. The molecule has 0 saturated heterocycles. The Kier molecular flexibility index (Phi) is 7.56. The summed E-state index contributed by atoms with van der Waals surface area (Å²) < 4.78 is 25.9. The Bertz CT molecular complexity index is 429. The van der Waals surface area contributed by atoms with E-state index in [1.54, 1.807) is 14.0 Å². The third-order valence-corrected chi connectivity index (χ3v) is 3.00. The molecule has 1 atom stereocenters. The number of carbonyl (C=O) groups excluding carboxylic acids is 1. The van der Waals surface area contributed by atoms with Crippen LogP contribution in [0.5, 0.6) is 0 Å². The van der Waals surface area contributed by atoms with Crippen LogP contribution in [0.1, 0.15) is 31.4 Å². The third kappa shape index (κ3) is 4.76. The fourth-order valence-corrected chi connectivity index (χ4v) is 1.64. The van der Waals surface area contributed by atoms with Crippen molar-refractivity contribution in [2.75, 3.05) is 13.6 Å². The molecule has 0 fully saturated rings. The van der Waals surface area contributed by atoms with Crippen LogP contribution >= 0.6 is 12.4 Å². The van der Waals surface area contributed by atoms with Crippen LogP contribution in [-0.4, -0.2) is 24.4 Å². The van der Waals surface area contributed by atoms with Crippen molar-refractivity contribution in [1.29, 1.82) is 0 Å². The monoisotopic (exact) mass is 292 g/mol. The predicted octanol–water partition coefficient (Wildman–Crippen LogP) is 2.64. The quantitative estimate of drug-likeness (QED) is 0.907. The molecule has 1 unspecified atom stereocenters. The molecule has 1 amide bonds. The number of hydrogen-bond donors (Lipinski definition) is 1. The van der Waals surface area contributed by atoms with Gasteiger partial charge >= 0.3 is 0 Å². The second-order valence-electron chi connectivity index (χ2n) is 4.25. The van der Waals surface area contributed by atoms with E-state index in [1.165, 1.54) is 11.0 Å². The molecule has 6 heteroatoms. The molecule has 0 aliphatic carbocycles. The van der Waals surface area contributed by atoms with Gasteiger partial charge in [0.05, 0.1) is 6.04 Å². The van der Waals surface area contributed by atoms with E-state index in [1.807, 2.05) is 0 Å². The van der Waals surface area contributed by atoms with Gasteiger partial charge in [0.2, 0.25) is 5.91 Å². The van der Waals surface area contributed by atoms with E-state index in [4.69, 9.17) is 5.73 Å². The van der Waals surface area contributed by atoms with Gasteiger partial charge < -0.3 is 10.6 Å². The van der Waals surface area contributed by atoms with E-state index in [0.717, 1.165) is 12.1 Å². The summed E-state index contributed by atoms with van der Waals surface area (Å²) in [6.07, 6.45) is 0.981. The summed E-state index contributed by atoms with van der Waals surface area (Å²) in [4.78, 5) is 13.3. The fraction of sp³-hybridized carbons (Fsp3) is 0.462. The summed E-state index contributed by atoms with van der Waals surface area (Å²) in [5.41, 5.74) is 5.91. The van der Waals surface area contributed by atoms with E-state index >= 15 is 0 Å². The Morgan fingerprint density at radius 1 is 1.37 bits per heavy atom. The van der Waals surface area contributed by atoms with E-state index < -0.39 is 11.6 Å². The number of nitrogens with two attached hydrogens (primary N) is 1. The SMILES string of the molecule is CC(c1ccc(F)c(F)c1)N(C)C(=O)CCCN.Cl. The molecule has 0 bridgehead atoms. The Morgan fingerprint density at radius 2 is 2.00 bits per heavy atom. The molecule has 1 rings (SSSR count). The maximum atomic E-state index is 13.1. The van der Waals surface area contributed by atoms with Gasteiger partial charge in [-0.05, 0) is 37.6 Å². The second-order valence-corrected chi connectivity index (χ2v) is 4.25. The summed E-state index contributed by atoms with van der Waals surface area (Å²) in [7, 11) is 1.64. The van der Waals surface area contributed by atoms with Crippen molar-refractivity contribution in [2.24, 2.45) is 5.73 Å². The molecule has 2 N–H and O–H groups in total. The zero-order chi connectivity index (χ0) is 13.7. The van der Waals surface area contributed by atoms with E-state index in [2.05, 4.69) is 0 Å². The molecular weight excluding hydrogens is 274 g/mol. The highest BCUT2D eigenvalue weighted by Gasteiger charge is 2.18. The lowest BCUT2D eigenvalue weighted by atomic mass is 10.1. The van der Waals surface area contributed by atoms with Gasteiger partial charge in [0.25, 0.3) is 0 Å². The van der Waals surface area contributed by atoms with E-state index in [0.29, 0.717) is 24.9 Å². The largest absolute Gasteiger partial charge is 0.339 e. The molecule has 3 nitrogen and oxygen atoms in total. The van der Waals surface area contributed by atoms with Crippen LogP contribution in [0.25, 0.3) is 0 Å². The Labute approximate surface area is 118 Å². The summed E-state index contributed by atoms with van der Waals surface area (Å²) in [5.74, 6) is -1.84. The summed E-state index contributed by atoms with van der Waals surface area (Å²) in [6.45, 7) is 2.23. The van der Waals surface area contributed by atoms with Gasteiger partial charge in [-0.2, -0.15) is 0 Å². The normalized spacial score (nSPS) is 11.6. The minimum atomic E-state index is -0.901. The fourth-order valence-electron chi connectivity index (χ4n) is 1.64. The Morgan fingerprint density at radius 3 is 2.53 bits per heavy atom. The van der Waals surface area contributed by atoms with E-state index in [9.17, 15) is 13.6 Å². The molecule has 0 aliphatic heterocycles. The lowest BCUT2D eigenvalue weighted by molar-refractivity contribution is -0.131. The molecule has 0 saturated carbocycles. The van der Waals surface area contributed by atoms with Crippen molar-refractivity contribution in [3.05, 3.63) is 35.4 Å². The topological polar surface area (TPSA) is 46.3 Å². The van der Waals surface area contributed by atoms with Gasteiger partial charge in [-0.15, -0.1) is 12.4 Å². The molecule has 0 spiro atoms. The first-order valence-electron chi connectivity index (χ1n) is 5.88. The van der Waals surface area contributed by atoms with Gasteiger partial charge in [-0.1, -0.05) is 6.07 Å². The molecule has 19 heavy (non-hydrogen) atoms. The lowest BCUT2D eigenvalue weighted by Crippen LogP contribution is -2.30. The molecule has 0 aromatic heterocycles. The number of amides is 1. The number of rotatable bonds is 5. The van der Waals surface area contributed by atoms with Crippen LogP contribution in [0.15, 0.2) is 18.2 Å². The van der Waals surface area contributed by atoms with Gasteiger partial charge in [-0.25, -0.2) is 8.78 Å². The minimum Gasteiger partial charge on any atom is -0.339 e. The molecule has 1 aromatic rings. The maximum absolute atomic E-state index is 13.1. The molecular formula is C13H19ClF2N2O. The van der Waals surface area contributed by atoms with Crippen molar-refractivity contribution in [3.63, 3.8) is 0 Å². The summed E-state index contributed by atoms with van der Waals surface area (Å²) in [5, 5.41) is 0. The summed E-state index contributed by atoms with van der Waals surface area (Å²) >= 11 is 0. The van der Waals surface area contributed by atoms with Gasteiger partial charge in [0, 0.05) is 13.5 Å². The van der Waals surface area contributed by atoms with Crippen LogP contribution < -0.4 is 5.73 Å². The van der Waals surface area contributed by atoms with Crippen LogP contribution in [0.3, 0.4) is 0 Å². The lowest BCUT2D eigenvalue weighted by Gasteiger charge is -2.25. The zero-order valence-electron chi connectivity index (χ0n) is 11.0. The molecule has 0 heterocycles. The van der Waals surface area contributed by atoms with Crippen LogP contribution in [0.4, 0.5) is 8.78 Å². The van der Waals surface area contributed by atoms with Gasteiger partial charge in [-0.3, -0.25) is 4.79 Å². The minimum absolute atomic E-state index is 0. The number of halogens is 3. The Hall–Kier alpha value is -1.20. The third-order valence-electron chi connectivity index (χ3n) is 3.00. The number of benzene rings is 1. The standard InChI is InChI=1S/C13H18F2N2O.ClH/c1-9(17(2)13(18)4-3-7-16)10-5-6-11(14)12(15)8-10;/h5-6,8-9H,3-4,7,16H2,1-2H3;1H. The van der Waals surface area contributed by atoms with Crippen LogP contribution in [0.2, 0.25) is 0 Å². The number of hydrogen-bond acceptors (Lipinski definition) is 2. The molecule has 0 radical (unpaired) electrons. The predicted molar refractivity (Wildman–Crippen MR) is 73.1 cm³/mol. The maximum Gasteiger partial charge on any atom is 0.222 e. The highest BCUT2D eigenvalue weighted by molar-refractivity contribution is 5.85. The molecule has 0 aliphatic rings. The zero-order valence-corrected chi connectivity index (χ0v) is 11.8. The van der Waals surface area contributed by atoms with Gasteiger partial charge in [0.1, 0.15) is 0 Å². The first-order chi connectivity index (χ1) is 8.47. The van der Waals surface area contributed by atoms with Crippen molar-refractivity contribution in [3.8, 4) is 0 Å². The van der Waals surface area contributed by atoms with Crippen molar-refractivity contribution < 1.29 is 13.6 Å². The first-order valence-corrected chi connectivity index (χ1v) is 5.88. The highest BCUT2D eigenvalue weighted by Crippen LogP contribution is 2.21. The number of carbonyl (C=O) groups is 1. The van der Waals surface area contributed by atoms with Crippen LogP contribution in [0, 0.1) is 11.6 Å². The first kappa shape index (κ1) is 17.8. The molecule has 108 valence electrons. The van der Waals surface area contributed by atoms with Crippen LogP contribution in [-0.2, 0) is 4.79 Å². The second kappa shape index (κ2) is 8.07. The van der Waals surface area contributed by atoms with E-state index in [-0.39, 0.29) is 24.4 Å². The average molecular weight is 293 g/mol. The van der Waals surface area contributed by atoms with Crippen molar-refractivity contribution >= 4 is 18.3 Å². The van der Waals surface area contributed by atoms with Gasteiger partial charge in [0.15, 0.2) is 11.6 Å².